The summed E-state index contributed by atoms with van der Waals surface area (Å²) in [6, 6.07) is 9.06. The number of aromatic nitrogens is 2. The van der Waals surface area contributed by atoms with Crippen LogP contribution in [0.2, 0.25) is 0 Å². The largest absolute Gasteiger partial charge is 0.622 e. The van der Waals surface area contributed by atoms with Crippen LogP contribution in [0.15, 0.2) is 35.0 Å². The molecule has 2 aromatic rings. The molecule has 0 saturated carbocycles. The van der Waals surface area contributed by atoms with Crippen molar-refractivity contribution in [3.8, 4) is 0 Å². The third-order valence-corrected chi connectivity index (χ3v) is 4.43. The summed E-state index contributed by atoms with van der Waals surface area (Å²) in [6.07, 6.45) is 0.942. The SMILES string of the molecule is N[C@]1(c2ccccc2)C[C@]2(O)C(=[N+]1[O-])CCc1nonc12. The fourth-order valence-corrected chi connectivity index (χ4v) is 3.37. The predicted molar refractivity (Wildman–Crippen MR) is 72.1 cm³/mol. The molecule has 7 heteroatoms. The number of hydrogen-bond acceptors (Lipinski definition) is 6. The number of nitrogens with two attached hydrogens (primary N) is 1. The fourth-order valence-electron chi connectivity index (χ4n) is 3.37. The minimum absolute atomic E-state index is 0.0318. The quantitative estimate of drug-likeness (QED) is 0.578. The summed E-state index contributed by atoms with van der Waals surface area (Å²) in [5, 5.41) is 31.3. The van der Waals surface area contributed by atoms with Gasteiger partial charge in [-0.05, 0) is 0 Å². The molecular formula is C14H14N4O3. The van der Waals surface area contributed by atoms with Gasteiger partial charge in [0, 0.05) is 18.4 Å². The fraction of sp³-hybridized carbons (Fsp3) is 0.357. The maximum Gasteiger partial charge on any atom is 0.254 e. The molecule has 1 aromatic heterocycles. The lowest BCUT2D eigenvalue weighted by Gasteiger charge is -2.25. The molecule has 1 aliphatic carbocycles. The highest BCUT2D eigenvalue weighted by Gasteiger charge is 2.62. The van der Waals surface area contributed by atoms with Gasteiger partial charge in [0.05, 0.1) is 6.42 Å². The third-order valence-electron chi connectivity index (χ3n) is 4.43. The molecule has 0 saturated heterocycles. The Kier molecular flexibility index (Phi) is 2.32. The van der Waals surface area contributed by atoms with Crippen molar-refractivity contribution in [3.05, 3.63) is 52.5 Å². The highest BCUT2D eigenvalue weighted by molar-refractivity contribution is 5.92. The van der Waals surface area contributed by atoms with Crippen LogP contribution >= 0.6 is 0 Å². The summed E-state index contributed by atoms with van der Waals surface area (Å²) in [5.74, 6) is 0. The maximum absolute atomic E-state index is 12.7. The molecule has 0 spiro atoms. The van der Waals surface area contributed by atoms with Crippen molar-refractivity contribution >= 4 is 5.71 Å². The molecular weight excluding hydrogens is 272 g/mol. The Hall–Kier alpha value is -2.25. The van der Waals surface area contributed by atoms with Gasteiger partial charge in [0.1, 0.15) is 5.69 Å². The first-order chi connectivity index (χ1) is 10.1. The molecule has 0 fully saturated rings. The third kappa shape index (κ3) is 1.47. The highest BCUT2D eigenvalue weighted by atomic mass is 16.6. The average Bonchev–Trinajstić information content (AvgIpc) is 3.04. The van der Waals surface area contributed by atoms with E-state index in [1.807, 2.05) is 18.2 Å². The minimum Gasteiger partial charge on any atom is -0.622 e. The topological polar surface area (TPSA) is 111 Å². The average molecular weight is 286 g/mol. The van der Waals surface area contributed by atoms with Crippen molar-refractivity contribution in [2.24, 2.45) is 5.73 Å². The molecule has 4 rings (SSSR count). The van der Waals surface area contributed by atoms with E-state index < -0.39 is 11.3 Å². The van der Waals surface area contributed by atoms with Crippen LogP contribution in [0.1, 0.15) is 29.8 Å². The summed E-state index contributed by atoms with van der Waals surface area (Å²) in [4.78, 5) is 0. The second kappa shape index (κ2) is 3.90. The smallest absolute Gasteiger partial charge is 0.254 e. The summed E-state index contributed by atoms with van der Waals surface area (Å²) in [7, 11) is 0. The molecule has 0 unspecified atom stereocenters. The van der Waals surface area contributed by atoms with E-state index >= 15 is 0 Å². The van der Waals surface area contributed by atoms with Crippen molar-refractivity contribution in [3.63, 3.8) is 0 Å². The Morgan fingerprint density at radius 1 is 1.24 bits per heavy atom. The van der Waals surface area contributed by atoms with Gasteiger partial charge in [-0.2, -0.15) is 4.74 Å². The van der Waals surface area contributed by atoms with Gasteiger partial charge in [-0.1, -0.05) is 40.6 Å². The predicted octanol–water partition coefficient (Wildman–Crippen LogP) is 0.370. The van der Waals surface area contributed by atoms with Crippen LogP contribution in [0.3, 0.4) is 0 Å². The van der Waals surface area contributed by atoms with Crippen molar-refractivity contribution in [1.82, 2.24) is 10.3 Å². The van der Waals surface area contributed by atoms with Crippen LogP contribution < -0.4 is 5.73 Å². The first kappa shape index (κ1) is 12.5. The molecule has 2 atom stereocenters. The monoisotopic (exact) mass is 286 g/mol. The summed E-state index contributed by atoms with van der Waals surface area (Å²) in [5.41, 5.74) is 5.43. The molecule has 0 bridgehead atoms. The Bertz CT molecular complexity index is 742. The second-order valence-corrected chi connectivity index (χ2v) is 5.63. The van der Waals surface area contributed by atoms with E-state index in [0.29, 0.717) is 35.5 Å². The molecule has 1 aromatic carbocycles. The van der Waals surface area contributed by atoms with E-state index in [2.05, 4.69) is 10.3 Å². The highest BCUT2D eigenvalue weighted by Crippen LogP contribution is 2.45. The van der Waals surface area contributed by atoms with Gasteiger partial charge in [0.25, 0.3) is 5.66 Å². The normalized spacial score (nSPS) is 31.1. The van der Waals surface area contributed by atoms with Crippen LogP contribution in [0.5, 0.6) is 0 Å². The number of hydroxylamine groups is 1. The Morgan fingerprint density at radius 2 is 2.00 bits per heavy atom. The lowest BCUT2D eigenvalue weighted by atomic mass is 9.80. The van der Waals surface area contributed by atoms with Gasteiger partial charge in [0.15, 0.2) is 5.69 Å². The lowest BCUT2D eigenvalue weighted by molar-refractivity contribution is -0.550. The van der Waals surface area contributed by atoms with Crippen LogP contribution in [0.25, 0.3) is 0 Å². The minimum atomic E-state index is -1.50. The van der Waals surface area contributed by atoms with Gasteiger partial charge in [0.2, 0.25) is 11.3 Å². The molecule has 21 heavy (non-hydrogen) atoms. The number of aryl methyl sites for hydroxylation is 1. The van der Waals surface area contributed by atoms with Crippen LogP contribution in [-0.2, 0) is 17.7 Å². The lowest BCUT2D eigenvalue weighted by Crippen LogP contribution is -2.44. The summed E-state index contributed by atoms with van der Waals surface area (Å²) in [6.45, 7) is 0. The van der Waals surface area contributed by atoms with E-state index in [-0.39, 0.29) is 6.42 Å². The maximum atomic E-state index is 12.7. The number of nitrogens with zero attached hydrogens (tertiary/aromatic N) is 3. The Labute approximate surface area is 120 Å². The van der Waals surface area contributed by atoms with Gasteiger partial charge >= 0.3 is 0 Å². The number of aliphatic hydroxyl groups is 1. The zero-order chi connectivity index (χ0) is 14.7. The molecule has 0 radical (unpaired) electrons. The number of hydrogen-bond donors (Lipinski definition) is 2. The van der Waals surface area contributed by atoms with Gasteiger partial charge in [-0.3, -0.25) is 5.73 Å². The van der Waals surface area contributed by atoms with Crippen LogP contribution in [0.4, 0.5) is 0 Å². The number of fused-ring (bicyclic) bond motifs is 3. The number of rotatable bonds is 1. The van der Waals surface area contributed by atoms with Crippen molar-refractivity contribution in [2.75, 3.05) is 0 Å². The summed E-state index contributed by atoms with van der Waals surface area (Å²) < 4.78 is 5.45. The molecule has 1 aliphatic heterocycles. The molecule has 108 valence electrons. The van der Waals surface area contributed by atoms with E-state index in [1.54, 1.807) is 12.1 Å². The van der Waals surface area contributed by atoms with Crippen molar-refractivity contribution in [1.29, 1.82) is 0 Å². The second-order valence-electron chi connectivity index (χ2n) is 5.63. The van der Waals surface area contributed by atoms with Crippen LogP contribution in [0, 0.1) is 5.21 Å². The van der Waals surface area contributed by atoms with E-state index in [4.69, 9.17) is 10.4 Å². The van der Waals surface area contributed by atoms with Gasteiger partial charge < -0.3 is 10.3 Å². The summed E-state index contributed by atoms with van der Waals surface area (Å²) >= 11 is 0. The molecule has 7 nitrogen and oxygen atoms in total. The first-order valence-electron chi connectivity index (χ1n) is 6.78. The molecule has 2 heterocycles. The van der Waals surface area contributed by atoms with E-state index in [0.717, 1.165) is 4.74 Å². The van der Waals surface area contributed by atoms with Gasteiger partial charge in [-0.25, -0.2) is 4.63 Å². The zero-order valence-corrected chi connectivity index (χ0v) is 11.2. The zero-order valence-electron chi connectivity index (χ0n) is 11.2. The Morgan fingerprint density at radius 3 is 2.76 bits per heavy atom. The van der Waals surface area contributed by atoms with Crippen molar-refractivity contribution < 1.29 is 14.5 Å². The van der Waals surface area contributed by atoms with E-state index in [9.17, 15) is 10.3 Å². The Balaban J connectivity index is 1.90. The molecule has 0 amide bonds. The standard InChI is InChI=1S/C14H14N4O3/c15-14(9-4-2-1-3-5-9)8-13(19)11(18(14)20)7-6-10-12(13)17-21-16-10/h1-5,19H,6-8,15H2/t13-,14+/m0/s1. The van der Waals surface area contributed by atoms with Crippen LogP contribution in [-0.4, -0.2) is 25.9 Å². The molecule has 3 N–H and O–H groups in total. The molecule has 2 aliphatic rings. The number of benzene rings is 1. The first-order valence-corrected chi connectivity index (χ1v) is 6.78. The van der Waals surface area contributed by atoms with Gasteiger partial charge in [-0.15, -0.1) is 0 Å². The van der Waals surface area contributed by atoms with E-state index in [1.165, 1.54) is 0 Å². The van der Waals surface area contributed by atoms with Crippen molar-refractivity contribution in [2.45, 2.75) is 30.5 Å².